The number of hydrogen-bond acceptors (Lipinski definition) is 5. The number of nitrogen functional groups attached to an aromatic ring is 1. The first-order valence-corrected chi connectivity index (χ1v) is 10.4. The molecule has 33 heavy (non-hydrogen) atoms. The Labute approximate surface area is 191 Å². The third-order valence-corrected chi connectivity index (χ3v) is 5.45. The summed E-state index contributed by atoms with van der Waals surface area (Å²) in [4.78, 5) is 23.9. The molecule has 1 aromatic carbocycles. The van der Waals surface area contributed by atoms with E-state index in [0.717, 1.165) is 0 Å². The maximum Gasteiger partial charge on any atom is 0.390 e. The fourth-order valence-electron chi connectivity index (χ4n) is 3.50. The van der Waals surface area contributed by atoms with Crippen molar-refractivity contribution in [1.29, 1.82) is 0 Å². The number of nitrogens with one attached hydrogen (secondary N) is 2. The molecular weight excluding hydrogens is 459 g/mol. The highest BCUT2D eigenvalue weighted by Crippen LogP contribution is 2.39. The van der Waals surface area contributed by atoms with Crippen LogP contribution in [0.1, 0.15) is 37.6 Å². The van der Waals surface area contributed by atoms with E-state index >= 15 is 0 Å². The predicted octanol–water partition coefficient (Wildman–Crippen LogP) is 4.65. The molecule has 8 nitrogen and oxygen atoms in total. The largest absolute Gasteiger partial charge is 0.390 e. The molecule has 0 spiro atoms. The Hall–Kier alpha value is -3.34. The molecule has 0 fully saturated rings. The first-order valence-electron chi connectivity index (χ1n) is 10.0. The Kier molecular flexibility index (Phi) is 5.47. The number of anilines is 1. The van der Waals surface area contributed by atoms with Gasteiger partial charge in [-0.3, -0.25) is 4.79 Å². The fourth-order valence-corrected chi connectivity index (χ4v) is 3.81. The maximum atomic E-state index is 12.3. The third kappa shape index (κ3) is 4.32. The number of alkyl halides is 3. The van der Waals surface area contributed by atoms with E-state index in [9.17, 15) is 18.0 Å². The number of aromatic nitrogens is 5. The molecule has 0 saturated carbocycles. The Balaban J connectivity index is 1.77. The van der Waals surface area contributed by atoms with Crippen molar-refractivity contribution in [2.45, 2.75) is 38.9 Å². The second-order valence-corrected chi connectivity index (χ2v) is 8.96. The van der Waals surface area contributed by atoms with Crippen molar-refractivity contribution in [1.82, 2.24) is 30.0 Å². The first-order chi connectivity index (χ1) is 15.4. The number of H-pyrrole nitrogens is 1. The number of rotatable bonds is 4. The van der Waals surface area contributed by atoms with Crippen LogP contribution >= 0.6 is 11.6 Å². The second kappa shape index (κ2) is 7.91. The van der Waals surface area contributed by atoms with E-state index in [2.05, 4.69) is 20.3 Å². The summed E-state index contributed by atoms with van der Waals surface area (Å²) in [6, 6.07) is 4.65. The number of halogens is 4. The number of benzene rings is 1. The van der Waals surface area contributed by atoms with Gasteiger partial charge in [0.15, 0.2) is 5.65 Å². The number of aromatic amines is 1. The lowest BCUT2D eigenvalue weighted by Gasteiger charge is -2.19. The summed E-state index contributed by atoms with van der Waals surface area (Å²) in [5.74, 6) is -0.376. The highest BCUT2D eigenvalue weighted by molar-refractivity contribution is 6.38. The molecule has 0 atom stereocenters. The van der Waals surface area contributed by atoms with E-state index in [1.807, 2.05) is 20.8 Å². The van der Waals surface area contributed by atoms with Gasteiger partial charge in [-0.15, -0.1) is 0 Å². The van der Waals surface area contributed by atoms with Crippen LogP contribution in [0.4, 0.5) is 19.0 Å². The lowest BCUT2D eigenvalue weighted by atomic mass is 10.1. The fraction of sp³-hybridized carbons (Fsp3) is 0.333. The summed E-state index contributed by atoms with van der Waals surface area (Å²) >= 11 is 6.65. The molecule has 0 saturated heterocycles. The van der Waals surface area contributed by atoms with Gasteiger partial charge in [-0.1, -0.05) is 17.7 Å². The van der Waals surface area contributed by atoms with Gasteiger partial charge in [-0.05, 0) is 32.9 Å². The number of nitrogens with zero attached hydrogens (tertiary/aromatic N) is 4. The summed E-state index contributed by atoms with van der Waals surface area (Å²) in [7, 11) is 0. The summed E-state index contributed by atoms with van der Waals surface area (Å²) in [5.41, 5.74) is 7.92. The number of carbonyl (C=O) groups is 1. The second-order valence-electron chi connectivity index (χ2n) is 8.58. The summed E-state index contributed by atoms with van der Waals surface area (Å²) in [5, 5.41) is 8.48. The van der Waals surface area contributed by atoms with E-state index in [0.29, 0.717) is 38.3 Å². The van der Waals surface area contributed by atoms with Crippen LogP contribution in [0, 0.1) is 0 Å². The van der Waals surface area contributed by atoms with Gasteiger partial charge in [-0.2, -0.15) is 18.3 Å². The standard InChI is InChI=1S/C21H21ClF3N7O/c1-20(2,3)32-18-13(17(26)28-9-29-18)15(31-32)16-14(22)11-5-4-10(8-12(11)30-16)19(33)27-7-6-21(23,24)25/h4-5,8-9,30H,6-7H2,1-3H3,(H,27,33)(H2,26,28,29). The molecular formula is C21H21ClF3N7O. The van der Waals surface area contributed by atoms with E-state index in [-0.39, 0.29) is 11.4 Å². The molecule has 3 aromatic heterocycles. The van der Waals surface area contributed by atoms with Gasteiger partial charge in [0.05, 0.1) is 28.1 Å². The minimum atomic E-state index is -4.34. The quantitative estimate of drug-likeness (QED) is 0.394. The molecule has 0 radical (unpaired) electrons. The van der Waals surface area contributed by atoms with Crippen molar-refractivity contribution < 1.29 is 18.0 Å². The van der Waals surface area contributed by atoms with Crippen LogP contribution < -0.4 is 11.1 Å². The van der Waals surface area contributed by atoms with E-state index < -0.39 is 30.6 Å². The zero-order valence-electron chi connectivity index (χ0n) is 18.0. The van der Waals surface area contributed by atoms with Gasteiger partial charge in [0.2, 0.25) is 0 Å². The molecule has 4 aromatic rings. The molecule has 0 unspecified atom stereocenters. The average Bonchev–Trinajstić information content (AvgIpc) is 3.25. The highest BCUT2D eigenvalue weighted by atomic mass is 35.5. The molecule has 174 valence electrons. The van der Waals surface area contributed by atoms with Gasteiger partial charge in [0.25, 0.3) is 5.91 Å². The van der Waals surface area contributed by atoms with Crippen molar-refractivity contribution in [2.24, 2.45) is 0 Å². The number of hydrogen-bond donors (Lipinski definition) is 3. The van der Waals surface area contributed by atoms with Crippen LogP contribution in [0.15, 0.2) is 24.5 Å². The number of amides is 1. The smallest absolute Gasteiger partial charge is 0.383 e. The summed E-state index contributed by atoms with van der Waals surface area (Å²) in [6.45, 7) is 5.40. The molecule has 0 bridgehead atoms. The zero-order valence-corrected chi connectivity index (χ0v) is 18.8. The van der Waals surface area contributed by atoms with Crippen molar-refractivity contribution in [3.8, 4) is 11.4 Å². The van der Waals surface area contributed by atoms with Crippen LogP contribution in [0.5, 0.6) is 0 Å². The van der Waals surface area contributed by atoms with Gasteiger partial charge < -0.3 is 16.0 Å². The molecule has 12 heteroatoms. The van der Waals surface area contributed by atoms with E-state index in [1.165, 1.54) is 18.5 Å². The Morgan fingerprint density at radius 2 is 1.97 bits per heavy atom. The van der Waals surface area contributed by atoms with Crippen LogP contribution in [-0.4, -0.2) is 43.4 Å². The number of fused-ring (bicyclic) bond motifs is 2. The zero-order chi connectivity index (χ0) is 24.1. The molecule has 4 rings (SSSR count). The van der Waals surface area contributed by atoms with Crippen LogP contribution in [0.25, 0.3) is 33.3 Å². The number of nitrogens with two attached hydrogens (primary N) is 1. The van der Waals surface area contributed by atoms with Crippen molar-refractivity contribution >= 4 is 45.3 Å². The summed E-state index contributed by atoms with van der Waals surface area (Å²) in [6.07, 6.45) is -4.09. The lowest BCUT2D eigenvalue weighted by Crippen LogP contribution is -2.27. The van der Waals surface area contributed by atoms with Crippen molar-refractivity contribution in [3.05, 3.63) is 35.1 Å². The van der Waals surface area contributed by atoms with Gasteiger partial charge >= 0.3 is 6.18 Å². The molecule has 0 aliphatic heterocycles. The Morgan fingerprint density at radius 3 is 2.64 bits per heavy atom. The molecule has 4 N–H and O–H groups in total. The monoisotopic (exact) mass is 479 g/mol. The third-order valence-electron chi connectivity index (χ3n) is 5.06. The molecule has 0 aliphatic carbocycles. The average molecular weight is 480 g/mol. The first kappa shape index (κ1) is 22.8. The van der Waals surface area contributed by atoms with E-state index in [4.69, 9.17) is 22.4 Å². The Morgan fingerprint density at radius 1 is 1.24 bits per heavy atom. The SMILES string of the molecule is CC(C)(C)n1nc(-c2[nH]c3cc(C(=O)NCCC(F)(F)F)ccc3c2Cl)c2c(N)ncnc21. The van der Waals surface area contributed by atoms with Gasteiger partial charge in [0.1, 0.15) is 17.8 Å². The van der Waals surface area contributed by atoms with Crippen LogP contribution in [-0.2, 0) is 5.54 Å². The minimum absolute atomic E-state index is 0.196. The van der Waals surface area contributed by atoms with Crippen molar-refractivity contribution in [3.63, 3.8) is 0 Å². The lowest BCUT2D eigenvalue weighted by molar-refractivity contribution is -0.132. The minimum Gasteiger partial charge on any atom is -0.383 e. The molecule has 0 aliphatic rings. The molecule has 1 amide bonds. The Bertz CT molecular complexity index is 1370. The summed E-state index contributed by atoms with van der Waals surface area (Å²) < 4.78 is 38.8. The van der Waals surface area contributed by atoms with Gasteiger partial charge in [-0.25, -0.2) is 14.6 Å². The predicted molar refractivity (Wildman–Crippen MR) is 120 cm³/mol. The van der Waals surface area contributed by atoms with Crippen molar-refractivity contribution in [2.75, 3.05) is 12.3 Å². The highest BCUT2D eigenvalue weighted by Gasteiger charge is 2.28. The van der Waals surface area contributed by atoms with E-state index in [1.54, 1.807) is 10.7 Å². The topological polar surface area (TPSA) is 115 Å². The van der Waals surface area contributed by atoms with Gasteiger partial charge in [0, 0.05) is 23.0 Å². The van der Waals surface area contributed by atoms with Crippen LogP contribution in [0.2, 0.25) is 5.02 Å². The maximum absolute atomic E-state index is 12.3. The number of carbonyl (C=O) groups excluding carboxylic acids is 1. The molecule has 3 heterocycles. The van der Waals surface area contributed by atoms with Crippen LogP contribution in [0.3, 0.4) is 0 Å². The normalized spacial score (nSPS) is 12.6.